The third kappa shape index (κ3) is 19.1. The fourth-order valence-electron chi connectivity index (χ4n) is 8.24. The summed E-state index contributed by atoms with van der Waals surface area (Å²) in [5, 5.41) is 8.88. The smallest absolute Gasteiger partial charge is 0.305 e. The maximum Gasteiger partial charge on any atom is 0.305 e. The van der Waals surface area contributed by atoms with Gasteiger partial charge in [0.25, 0.3) is 0 Å². The van der Waals surface area contributed by atoms with Gasteiger partial charge in [-0.2, -0.15) is 0 Å². The summed E-state index contributed by atoms with van der Waals surface area (Å²) in [6.07, 6.45) is 9.84. The van der Waals surface area contributed by atoms with Crippen LogP contribution in [0.1, 0.15) is 67.1 Å². The number of fused-ring (bicyclic) bond motifs is 1. The third-order valence-electron chi connectivity index (χ3n) is 12.3. The molecule has 2 aliphatic rings. The first kappa shape index (κ1) is 55.2. The summed E-state index contributed by atoms with van der Waals surface area (Å²) in [4.78, 5) is 52.8. The first-order valence-corrected chi connectivity index (χ1v) is 24.9. The SMILES string of the molecule is Cc1ccc(N2CCC[C@H](N(Cc3ccnc(C)c3)Cc3cn(C4CC4)c4cc(OCCN(C)C(=O)CCOCCOCCOCCOCCOCCOCCOCCC(=O)O)c(F)cc4c3=O)C2)cn1. The Bertz CT molecular complexity index is 2300. The van der Waals surface area contributed by atoms with Crippen LogP contribution in [0.3, 0.4) is 0 Å². The quantitative estimate of drug-likeness (QED) is 0.0580. The van der Waals surface area contributed by atoms with E-state index in [1.54, 1.807) is 13.1 Å². The molecule has 71 heavy (non-hydrogen) atoms. The van der Waals surface area contributed by atoms with E-state index in [0.717, 1.165) is 61.4 Å². The summed E-state index contributed by atoms with van der Waals surface area (Å²) < 4.78 is 61.9. The Labute approximate surface area is 416 Å². The van der Waals surface area contributed by atoms with E-state index in [1.807, 2.05) is 44.6 Å². The second-order valence-electron chi connectivity index (χ2n) is 17.9. The maximum absolute atomic E-state index is 15.8. The number of piperidine rings is 1. The van der Waals surface area contributed by atoms with Gasteiger partial charge in [-0.15, -0.1) is 0 Å². The van der Waals surface area contributed by atoms with Gasteiger partial charge >= 0.3 is 5.97 Å². The van der Waals surface area contributed by atoms with Crippen molar-refractivity contribution in [2.75, 3.05) is 131 Å². The molecular weight excluding hydrogens is 920 g/mol. The molecule has 19 heteroatoms. The molecule has 0 unspecified atom stereocenters. The summed E-state index contributed by atoms with van der Waals surface area (Å²) in [5.74, 6) is -1.59. The van der Waals surface area contributed by atoms with Crippen LogP contribution in [0.5, 0.6) is 5.75 Å². The minimum Gasteiger partial charge on any atom is -0.489 e. The van der Waals surface area contributed by atoms with Crippen LogP contribution in [0.15, 0.2) is 59.8 Å². The van der Waals surface area contributed by atoms with Crippen molar-refractivity contribution in [3.8, 4) is 5.75 Å². The number of ether oxygens (including phenoxy) is 8. The van der Waals surface area contributed by atoms with Crippen LogP contribution in [0.2, 0.25) is 0 Å². The zero-order valence-corrected chi connectivity index (χ0v) is 41.7. The van der Waals surface area contributed by atoms with E-state index in [4.69, 9.17) is 43.0 Å². The highest BCUT2D eigenvalue weighted by atomic mass is 19.1. The van der Waals surface area contributed by atoms with Crippen LogP contribution in [-0.2, 0) is 55.8 Å². The number of carboxylic acid groups (broad SMARTS) is 1. The lowest BCUT2D eigenvalue weighted by molar-refractivity contribution is -0.138. The van der Waals surface area contributed by atoms with E-state index < -0.39 is 11.8 Å². The molecule has 1 aliphatic heterocycles. The Morgan fingerprint density at radius 1 is 0.746 bits per heavy atom. The third-order valence-corrected chi connectivity index (χ3v) is 12.3. The number of amides is 1. The molecular formula is C52H73FN6O12. The van der Waals surface area contributed by atoms with Gasteiger partial charge in [-0.1, -0.05) is 0 Å². The number of pyridine rings is 3. The van der Waals surface area contributed by atoms with Gasteiger partial charge in [-0.25, -0.2) is 4.39 Å². The number of nitrogens with zero attached hydrogens (tertiary/aromatic N) is 6. The number of benzene rings is 1. The van der Waals surface area contributed by atoms with Crippen molar-refractivity contribution >= 4 is 28.5 Å². The number of hydrogen-bond acceptors (Lipinski definition) is 15. The zero-order valence-electron chi connectivity index (χ0n) is 41.7. The highest BCUT2D eigenvalue weighted by molar-refractivity contribution is 5.82. The molecule has 4 aromatic rings. The largest absolute Gasteiger partial charge is 0.489 e. The van der Waals surface area contributed by atoms with Crippen LogP contribution in [0, 0.1) is 19.7 Å². The summed E-state index contributed by atoms with van der Waals surface area (Å²) in [5.41, 5.74) is 5.22. The monoisotopic (exact) mass is 993 g/mol. The van der Waals surface area contributed by atoms with Gasteiger partial charge in [0.15, 0.2) is 17.0 Å². The van der Waals surface area contributed by atoms with Crippen LogP contribution in [0.25, 0.3) is 10.9 Å². The molecule has 1 aliphatic carbocycles. The van der Waals surface area contributed by atoms with E-state index in [9.17, 15) is 14.4 Å². The first-order valence-electron chi connectivity index (χ1n) is 24.9. The van der Waals surface area contributed by atoms with Gasteiger partial charge < -0.3 is 57.4 Å². The van der Waals surface area contributed by atoms with Crippen molar-refractivity contribution in [2.24, 2.45) is 0 Å². The number of carboxylic acids is 1. The number of aliphatic carboxylic acids is 1. The molecule has 1 saturated carbocycles. The Morgan fingerprint density at radius 2 is 1.37 bits per heavy atom. The molecule has 2 fully saturated rings. The van der Waals surface area contributed by atoms with Crippen LogP contribution in [-0.4, -0.2) is 173 Å². The number of aromatic nitrogens is 3. The van der Waals surface area contributed by atoms with Gasteiger partial charge in [0.2, 0.25) is 5.91 Å². The number of carbonyl (C=O) groups excluding carboxylic acids is 1. The summed E-state index contributed by atoms with van der Waals surface area (Å²) in [7, 11) is 1.67. The minimum atomic E-state index is -0.889. The summed E-state index contributed by atoms with van der Waals surface area (Å²) in [6, 6.07) is 11.6. The molecule has 390 valence electrons. The van der Waals surface area contributed by atoms with Gasteiger partial charge in [0.1, 0.15) is 6.61 Å². The molecule has 1 N–H and O–H groups in total. The van der Waals surface area contributed by atoms with E-state index in [0.29, 0.717) is 109 Å². The van der Waals surface area contributed by atoms with Crippen molar-refractivity contribution < 1.29 is 57.0 Å². The number of likely N-dealkylation sites (N-methyl/N-ethyl adjacent to an activating group) is 1. The van der Waals surface area contributed by atoms with Crippen molar-refractivity contribution in [3.05, 3.63) is 93.5 Å². The molecule has 0 radical (unpaired) electrons. The van der Waals surface area contributed by atoms with E-state index in [-0.39, 0.29) is 68.4 Å². The topological polar surface area (TPSA) is 186 Å². The number of hydrogen-bond donors (Lipinski definition) is 1. The predicted molar refractivity (Wildman–Crippen MR) is 265 cm³/mol. The normalized spacial score (nSPS) is 14.9. The number of aryl methyl sites for hydroxylation is 2. The molecule has 4 heterocycles. The number of carbonyl (C=O) groups is 2. The van der Waals surface area contributed by atoms with E-state index in [1.165, 1.54) is 11.0 Å². The van der Waals surface area contributed by atoms with E-state index >= 15 is 4.39 Å². The molecule has 0 bridgehead atoms. The molecule has 6 rings (SSSR count). The van der Waals surface area contributed by atoms with Gasteiger partial charge in [0.05, 0.1) is 129 Å². The van der Waals surface area contributed by atoms with Gasteiger partial charge in [-0.3, -0.25) is 29.3 Å². The Morgan fingerprint density at radius 3 is 1.94 bits per heavy atom. The fraction of sp³-hybridized carbons (Fsp3) is 0.596. The van der Waals surface area contributed by atoms with Crippen molar-refractivity contribution in [2.45, 2.75) is 77.5 Å². The molecule has 1 saturated heterocycles. The highest BCUT2D eigenvalue weighted by Crippen LogP contribution is 2.38. The first-order chi connectivity index (χ1) is 34.5. The molecule has 1 atom stereocenters. The molecule has 3 aromatic heterocycles. The Kier molecular flexibility index (Phi) is 23.4. The van der Waals surface area contributed by atoms with Crippen LogP contribution in [0.4, 0.5) is 10.1 Å². The second kappa shape index (κ2) is 30.0. The number of anilines is 1. The van der Waals surface area contributed by atoms with Crippen molar-refractivity contribution in [1.29, 1.82) is 0 Å². The lowest BCUT2D eigenvalue weighted by Gasteiger charge is -2.40. The Hall–Kier alpha value is -5.12. The lowest BCUT2D eigenvalue weighted by Crippen LogP contribution is -2.48. The van der Waals surface area contributed by atoms with Crippen molar-refractivity contribution in [3.63, 3.8) is 0 Å². The molecule has 0 spiro atoms. The predicted octanol–water partition coefficient (Wildman–Crippen LogP) is 5.37. The molecule has 1 aromatic carbocycles. The number of halogens is 1. The fourth-order valence-corrected chi connectivity index (χ4v) is 8.24. The second-order valence-corrected chi connectivity index (χ2v) is 17.9. The molecule has 1 amide bonds. The lowest BCUT2D eigenvalue weighted by atomic mass is 10.0. The maximum atomic E-state index is 15.8. The average Bonchev–Trinajstić information content (AvgIpc) is 4.21. The zero-order chi connectivity index (χ0) is 50.2. The van der Waals surface area contributed by atoms with Gasteiger partial charge in [0, 0.05) is 86.1 Å². The van der Waals surface area contributed by atoms with Crippen molar-refractivity contribution in [1.82, 2.24) is 24.3 Å². The number of rotatable bonds is 35. The van der Waals surface area contributed by atoms with Gasteiger partial charge in [-0.05, 0) is 75.4 Å². The Balaban J connectivity index is 0.874. The van der Waals surface area contributed by atoms with Crippen LogP contribution < -0.4 is 15.1 Å². The standard InChI is InChI=1S/C52H73FN6O12/c1-39-6-7-44(34-55-39)57-14-4-5-45(38-57)58(35-41-10-13-54-40(2)31-41)36-42-37-59(43-8-9-43)48-33-49(47(53)32-46(48)52(42)63)71-18-15-56(3)50(60)11-16-64-19-21-66-23-25-68-27-29-70-30-28-69-26-24-67-22-20-65-17-12-51(61)62/h6-7,10,13,31-34,37,43,45H,4-5,8-9,11-12,14-30,35-36,38H2,1-3H3,(H,61,62)/t45-/m0/s1. The average molecular weight is 993 g/mol. The molecule has 18 nitrogen and oxygen atoms in total. The van der Waals surface area contributed by atoms with Crippen LogP contribution >= 0.6 is 0 Å². The van der Waals surface area contributed by atoms with E-state index in [2.05, 4.69) is 36.5 Å². The highest BCUT2D eigenvalue weighted by Gasteiger charge is 2.30. The summed E-state index contributed by atoms with van der Waals surface area (Å²) in [6.45, 7) is 12.3. The minimum absolute atomic E-state index is 0.0215. The summed E-state index contributed by atoms with van der Waals surface area (Å²) >= 11 is 0.